The molecular weight excluding hydrogens is 368 g/mol. The van der Waals surface area contributed by atoms with Crippen molar-refractivity contribution in [1.82, 2.24) is 14.7 Å². The maximum absolute atomic E-state index is 12.6. The number of nitrogens with zero attached hydrogens (tertiary/aromatic N) is 3. The molecule has 134 valence electrons. The normalized spacial score (nSPS) is 13.4. The second-order valence-corrected chi connectivity index (χ2v) is 6.87. The smallest absolute Gasteiger partial charge is 0.364 e. The van der Waals surface area contributed by atoms with Crippen molar-refractivity contribution in [3.63, 3.8) is 0 Å². The van der Waals surface area contributed by atoms with Crippen molar-refractivity contribution in [2.24, 2.45) is 0 Å². The molecule has 0 saturated heterocycles. The molecule has 0 aliphatic rings. The van der Waals surface area contributed by atoms with Gasteiger partial charge in [-0.25, -0.2) is 13.4 Å². The van der Waals surface area contributed by atoms with Gasteiger partial charge in [-0.1, -0.05) is 5.16 Å². The summed E-state index contributed by atoms with van der Waals surface area (Å²) in [6.45, 7) is -1.46. The SMILES string of the molecule is O=S(=O)(Cc1conc1C(F)(F)F)Cc1nccn1CC(F)(F)F. The lowest BCUT2D eigenvalue weighted by molar-refractivity contribution is -0.143. The van der Waals surface area contributed by atoms with E-state index < -0.39 is 57.3 Å². The molecule has 0 atom stereocenters. The van der Waals surface area contributed by atoms with Crippen molar-refractivity contribution in [3.8, 4) is 0 Å². The Morgan fingerprint density at radius 1 is 1.12 bits per heavy atom. The Hall–Kier alpha value is -2.05. The van der Waals surface area contributed by atoms with Crippen molar-refractivity contribution >= 4 is 9.84 Å². The van der Waals surface area contributed by atoms with Gasteiger partial charge in [0, 0.05) is 18.0 Å². The van der Waals surface area contributed by atoms with Gasteiger partial charge >= 0.3 is 12.4 Å². The second-order valence-electron chi connectivity index (χ2n) is 4.80. The molecule has 0 fully saturated rings. The number of sulfone groups is 1. The number of halogens is 6. The van der Waals surface area contributed by atoms with Crippen LogP contribution in [0.25, 0.3) is 0 Å². The van der Waals surface area contributed by atoms with Crippen LogP contribution < -0.4 is 0 Å². The molecule has 0 aliphatic carbocycles. The average Bonchev–Trinajstić information content (AvgIpc) is 2.96. The zero-order valence-corrected chi connectivity index (χ0v) is 12.4. The average molecular weight is 377 g/mol. The van der Waals surface area contributed by atoms with Gasteiger partial charge in [0.2, 0.25) is 0 Å². The molecule has 2 aromatic heterocycles. The predicted molar refractivity (Wildman–Crippen MR) is 66.1 cm³/mol. The van der Waals surface area contributed by atoms with Crippen LogP contribution >= 0.6 is 0 Å². The summed E-state index contributed by atoms with van der Waals surface area (Å²) in [7, 11) is -4.24. The Morgan fingerprint density at radius 3 is 2.38 bits per heavy atom. The van der Waals surface area contributed by atoms with Crippen molar-refractivity contribution in [2.75, 3.05) is 0 Å². The molecule has 24 heavy (non-hydrogen) atoms. The van der Waals surface area contributed by atoms with Gasteiger partial charge in [-0.15, -0.1) is 0 Å². The molecule has 2 rings (SSSR count). The number of aromatic nitrogens is 3. The third-order valence-electron chi connectivity index (χ3n) is 2.79. The van der Waals surface area contributed by atoms with Crippen LogP contribution in [-0.2, 0) is 34.1 Å². The molecule has 0 spiro atoms. The molecule has 0 N–H and O–H groups in total. The van der Waals surface area contributed by atoms with E-state index in [1.165, 1.54) is 0 Å². The van der Waals surface area contributed by atoms with Crippen LogP contribution in [0.4, 0.5) is 26.3 Å². The zero-order valence-electron chi connectivity index (χ0n) is 11.6. The summed E-state index contributed by atoms with van der Waals surface area (Å²) in [4.78, 5) is 3.51. The highest BCUT2D eigenvalue weighted by atomic mass is 32.2. The first-order valence-corrected chi connectivity index (χ1v) is 7.97. The van der Waals surface area contributed by atoms with E-state index in [4.69, 9.17) is 0 Å². The van der Waals surface area contributed by atoms with E-state index in [9.17, 15) is 34.8 Å². The lowest BCUT2D eigenvalue weighted by Crippen LogP contribution is -2.21. The quantitative estimate of drug-likeness (QED) is 0.749. The summed E-state index contributed by atoms with van der Waals surface area (Å²) in [5, 5.41) is 2.70. The van der Waals surface area contributed by atoms with Gasteiger partial charge in [0.15, 0.2) is 15.5 Å². The summed E-state index contributed by atoms with van der Waals surface area (Å²) in [6.07, 6.45) is -7.08. The lowest BCUT2D eigenvalue weighted by atomic mass is 10.3. The number of hydrogen-bond acceptors (Lipinski definition) is 5. The molecule has 0 radical (unpaired) electrons. The van der Waals surface area contributed by atoms with E-state index in [2.05, 4.69) is 14.7 Å². The minimum Gasteiger partial charge on any atom is -0.364 e. The largest absolute Gasteiger partial charge is 0.437 e. The second kappa shape index (κ2) is 6.11. The highest BCUT2D eigenvalue weighted by Gasteiger charge is 2.38. The molecule has 0 bridgehead atoms. The Labute approximate surface area is 131 Å². The van der Waals surface area contributed by atoms with Crippen LogP contribution in [0, 0.1) is 0 Å². The van der Waals surface area contributed by atoms with Crippen LogP contribution in [-0.4, -0.2) is 29.3 Å². The van der Waals surface area contributed by atoms with Crippen LogP contribution in [0.5, 0.6) is 0 Å². The fraction of sp³-hybridized carbons (Fsp3) is 0.455. The monoisotopic (exact) mass is 377 g/mol. The van der Waals surface area contributed by atoms with E-state index in [0.717, 1.165) is 12.4 Å². The summed E-state index contributed by atoms with van der Waals surface area (Å²) in [6, 6.07) is 0. The van der Waals surface area contributed by atoms with Gasteiger partial charge in [-0.05, 0) is 0 Å². The van der Waals surface area contributed by atoms with Crippen molar-refractivity contribution in [2.45, 2.75) is 30.4 Å². The number of rotatable bonds is 5. The fourth-order valence-electron chi connectivity index (χ4n) is 1.90. The Bertz CT molecular complexity index is 806. The van der Waals surface area contributed by atoms with Gasteiger partial charge < -0.3 is 9.09 Å². The van der Waals surface area contributed by atoms with Gasteiger partial charge in [0.05, 0.1) is 5.75 Å². The molecule has 0 aliphatic heterocycles. The van der Waals surface area contributed by atoms with Crippen LogP contribution in [0.3, 0.4) is 0 Å². The predicted octanol–water partition coefficient (Wildman–Crippen LogP) is 2.57. The number of imidazole rings is 1. The first-order valence-electron chi connectivity index (χ1n) is 6.15. The molecule has 2 aromatic rings. The first kappa shape index (κ1) is 18.3. The Balaban J connectivity index is 2.19. The molecule has 0 saturated carbocycles. The van der Waals surface area contributed by atoms with Crippen molar-refractivity contribution in [3.05, 3.63) is 35.7 Å². The molecule has 0 aromatic carbocycles. The summed E-state index contributed by atoms with van der Waals surface area (Å²) in [5.74, 6) is -2.49. The van der Waals surface area contributed by atoms with Crippen LogP contribution in [0.1, 0.15) is 17.1 Å². The van der Waals surface area contributed by atoms with Gasteiger partial charge in [0.25, 0.3) is 0 Å². The Kier molecular flexibility index (Phi) is 4.65. The summed E-state index contributed by atoms with van der Waals surface area (Å²) < 4.78 is 104. The van der Waals surface area contributed by atoms with Crippen molar-refractivity contribution in [1.29, 1.82) is 0 Å². The topological polar surface area (TPSA) is 78.0 Å². The minimum absolute atomic E-state index is 0.433. The summed E-state index contributed by atoms with van der Waals surface area (Å²) >= 11 is 0. The lowest BCUT2D eigenvalue weighted by Gasteiger charge is -2.11. The van der Waals surface area contributed by atoms with E-state index >= 15 is 0 Å². The molecule has 0 amide bonds. The van der Waals surface area contributed by atoms with E-state index in [-0.39, 0.29) is 0 Å². The fourth-order valence-corrected chi connectivity index (χ4v) is 3.31. The zero-order chi connectivity index (χ0) is 18.2. The molecular formula is C11H9F6N3O3S. The maximum Gasteiger partial charge on any atom is 0.437 e. The molecule has 0 unspecified atom stereocenters. The number of alkyl halides is 6. The summed E-state index contributed by atoms with van der Waals surface area (Å²) in [5.41, 5.74) is -2.22. The van der Waals surface area contributed by atoms with E-state index in [1.54, 1.807) is 0 Å². The third-order valence-corrected chi connectivity index (χ3v) is 4.24. The Morgan fingerprint density at radius 2 is 1.79 bits per heavy atom. The van der Waals surface area contributed by atoms with Crippen molar-refractivity contribution < 1.29 is 39.3 Å². The molecule has 13 heteroatoms. The van der Waals surface area contributed by atoms with Gasteiger partial charge in [-0.3, -0.25) is 0 Å². The van der Waals surface area contributed by atoms with Gasteiger partial charge in [0.1, 0.15) is 24.4 Å². The van der Waals surface area contributed by atoms with Crippen LogP contribution in [0.15, 0.2) is 23.2 Å². The standard InChI is InChI=1S/C11H9F6N3O3S/c12-10(13,14)6-20-2-1-18-8(20)5-24(21,22)4-7-3-23-19-9(7)11(15,16)17/h1-3H,4-6H2. The molecule has 6 nitrogen and oxygen atoms in total. The third kappa shape index (κ3) is 4.72. The highest BCUT2D eigenvalue weighted by molar-refractivity contribution is 7.89. The molecule has 2 heterocycles. The van der Waals surface area contributed by atoms with Gasteiger partial charge in [-0.2, -0.15) is 26.3 Å². The first-order chi connectivity index (χ1) is 10.9. The number of hydrogen-bond donors (Lipinski definition) is 0. The minimum atomic E-state index is -4.91. The van der Waals surface area contributed by atoms with E-state index in [0.29, 0.717) is 10.8 Å². The maximum atomic E-state index is 12.6. The van der Waals surface area contributed by atoms with E-state index in [1.807, 2.05) is 0 Å². The highest BCUT2D eigenvalue weighted by Crippen LogP contribution is 2.31. The van der Waals surface area contributed by atoms with Crippen LogP contribution in [0.2, 0.25) is 0 Å².